The van der Waals surface area contributed by atoms with Crippen molar-refractivity contribution in [2.75, 3.05) is 0 Å². The molecule has 2 aromatic rings. The van der Waals surface area contributed by atoms with Crippen molar-refractivity contribution >= 4 is 5.91 Å². The fraction of sp³-hybridized carbons (Fsp3) is 0.312. The van der Waals surface area contributed by atoms with Crippen LogP contribution in [0.4, 0.5) is 0 Å². The maximum Gasteiger partial charge on any atom is 0.237 e. The Kier molecular flexibility index (Phi) is 4.58. The zero-order valence-electron chi connectivity index (χ0n) is 12.0. The third kappa shape index (κ3) is 3.48. The molecule has 2 rings (SSSR count). The van der Waals surface area contributed by atoms with Gasteiger partial charge in [-0.05, 0) is 31.0 Å². The minimum atomic E-state index is -0.515. The van der Waals surface area contributed by atoms with Crippen LogP contribution in [-0.4, -0.2) is 16.5 Å². The number of aromatic nitrogens is 1. The van der Waals surface area contributed by atoms with Crippen LogP contribution in [0.3, 0.4) is 0 Å². The Hall–Kier alpha value is -2.07. The van der Waals surface area contributed by atoms with Gasteiger partial charge in [-0.15, -0.1) is 0 Å². The Balaban J connectivity index is 1.87. The van der Waals surface area contributed by atoms with Crippen LogP contribution < -0.4 is 11.1 Å². The highest BCUT2D eigenvalue weighted by Gasteiger charge is 2.14. The van der Waals surface area contributed by atoms with Crippen molar-refractivity contribution < 1.29 is 4.79 Å². The molecule has 0 spiro atoms. The Bertz CT molecular complexity index is 575. The van der Waals surface area contributed by atoms with Gasteiger partial charge in [-0.2, -0.15) is 0 Å². The van der Waals surface area contributed by atoms with Crippen LogP contribution in [0.5, 0.6) is 0 Å². The number of rotatable bonds is 5. The number of nitrogens with two attached hydrogens (primary N) is 1. The lowest BCUT2D eigenvalue weighted by Crippen LogP contribution is -2.41. The van der Waals surface area contributed by atoms with E-state index in [4.69, 9.17) is 5.73 Å². The average Bonchev–Trinajstić information content (AvgIpc) is 2.77. The van der Waals surface area contributed by atoms with Gasteiger partial charge in [-0.1, -0.05) is 30.3 Å². The van der Waals surface area contributed by atoms with Crippen molar-refractivity contribution in [1.82, 2.24) is 9.88 Å². The minimum Gasteiger partial charge on any atom is -0.350 e. The Morgan fingerprint density at radius 3 is 2.55 bits per heavy atom. The first-order valence-electron chi connectivity index (χ1n) is 6.76. The largest absolute Gasteiger partial charge is 0.350 e. The molecule has 106 valence electrons. The predicted octanol–water partition coefficient (Wildman–Crippen LogP) is 1.52. The summed E-state index contributed by atoms with van der Waals surface area (Å²) in [6.45, 7) is 2.54. The number of nitrogens with one attached hydrogen (secondary N) is 1. The summed E-state index contributed by atoms with van der Waals surface area (Å²) in [5.41, 5.74) is 9.25. The van der Waals surface area contributed by atoms with Crippen LogP contribution in [-0.2, 0) is 24.8 Å². The number of nitrogens with zero attached hydrogens (tertiary/aromatic N) is 1. The van der Waals surface area contributed by atoms with Crippen LogP contribution in [0.15, 0.2) is 42.5 Å². The number of hydrogen-bond acceptors (Lipinski definition) is 2. The molecule has 0 aliphatic heterocycles. The zero-order valence-corrected chi connectivity index (χ0v) is 12.0. The molecule has 0 bridgehead atoms. The van der Waals surface area contributed by atoms with E-state index in [9.17, 15) is 4.79 Å². The number of aryl methyl sites for hydroxylation is 1. The van der Waals surface area contributed by atoms with E-state index in [1.54, 1.807) is 0 Å². The second-order valence-electron chi connectivity index (χ2n) is 5.04. The predicted molar refractivity (Wildman–Crippen MR) is 80.1 cm³/mol. The van der Waals surface area contributed by atoms with Crippen LogP contribution in [0.2, 0.25) is 0 Å². The number of carbonyl (C=O) groups excluding carboxylic acids is 1. The lowest BCUT2D eigenvalue weighted by molar-refractivity contribution is -0.122. The fourth-order valence-corrected chi connectivity index (χ4v) is 2.11. The molecule has 4 heteroatoms. The normalized spacial score (nSPS) is 12.2. The minimum absolute atomic E-state index is 0.118. The summed E-state index contributed by atoms with van der Waals surface area (Å²) >= 11 is 0. The number of benzene rings is 1. The molecule has 1 amide bonds. The zero-order chi connectivity index (χ0) is 14.5. The third-order valence-corrected chi connectivity index (χ3v) is 3.56. The van der Waals surface area contributed by atoms with Gasteiger partial charge in [0.2, 0.25) is 5.91 Å². The smallest absolute Gasteiger partial charge is 0.237 e. The molecular formula is C16H21N3O. The molecule has 1 atom stereocenters. The standard InChI is InChI=1S/C16H21N3O/c1-12-8-9-14(19(12)2)11-18-16(20)15(17)10-13-6-4-3-5-7-13/h3-9,15H,10-11,17H2,1-2H3,(H,18,20)/t15-/m0/s1. The summed E-state index contributed by atoms with van der Waals surface area (Å²) in [6, 6.07) is 13.3. The summed E-state index contributed by atoms with van der Waals surface area (Å²) in [7, 11) is 1.99. The topological polar surface area (TPSA) is 60.1 Å². The van der Waals surface area contributed by atoms with Gasteiger partial charge in [0.05, 0.1) is 12.6 Å². The molecule has 1 aromatic heterocycles. The van der Waals surface area contributed by atoms with E-state index < -0.39 is 6.04 Å². The summed E-state index contributed by atoms with van der Waals surface area (Å²) in [5, 5.41) is 2.89. The molecule has 0 radical (unpaired) electrons. The van der Waals surface area contributed by atoms with Gasteiger partial charge in [0, 0.05) is 18.4 Å². The van der Waals surface area contributed by atoms with Crippen LogP contribution >= 0.6 is 0 Å². The lowest BCUT2D eigenvalue weighted by Gasteiger charge is -2.13. The van der Waals surface area contributed by atoms with E-state index in [0.29, 0.717) is 13.0 Å². The molecular weight excluding hydrogens is 250 g/mol. The van der Waals surface area contributed by atoms with E-state index in [2.05, 4.69) is 9.88 Å². The highest BCUT2D eigenvalue weighted by molar-refractivity contribution is 5.81. The molecule has 0 saturated carbocycles. The first kappa shape index (κ1) is 14.3. The quantitative estimate of drug-likeness (QED) is 0.866. The number of carbonyl (C=O) groups is 1. The van der Waals surface area contributed by atoms with Gasteiger partial charge in [-0.25, -0.2) is 0 Å². The highest BCUT2D eigenvalue weighted by Crippen LogP contribution is 2.06. The van der Waals surface area contributed by atoms with Crippen molar-refractivity contribution in [3.63, 3.8) is 0 Å². The monoisotopic (exact) mass is 271 g/mol. The molecule has 0 aliphatic carbocycles. The number of hydrogen-bond donors (Lipinski definition) is 2. The first-order chi connectivity index (χ1) is 9.58. The van der Waals surface area contributed by atoms with E-state index >= 15 is 0 Å². The van der Waals surface area contributed by atoms with E-state index in [-0.39, 0.29) is 5.91 Å². The summed E-state index contributed by atoms with van der Waals surface area (Å²) in [5.74, 6) is -0.118. The molecule has 3 N–H and O–H groups in total. The molecule has 4 nitrogen and oxygen atoms in total. The first-order valence-corrected chi connectivity index (χ1v) is 6.76. The molecule has 1 heterocycles. The maximum absolute atomic E-state index is 12.0. The number of amides is 1. The van der Waals surface area contributed by atoms with Crippen LogP contribution in [0.25, 0.3) is 0 Å². The molecule has 0 unspecified atom stereocenters. The van der Waals surface area contributed by atoms with Gasteiger partial charge in [0.1, 0.15) is 0 Å². The van der Waals surface area contributed by atoms with Crippen LogP contribution in [0, 0.1) is 6.92 Å². The molecule has 0 fully saturated rings. The SMILES string of the molecule is Cc1ccc(CNC(=O)[C@@H](N)Cc2ccccc2)n1C. The third-order valence-electron chi connectivity index (χ3n) is 3.56. The van der Waals surface area contributed by atoms with E-state index in [1.165, 1.54) is 5.69 Å². The fourth-order valence-electron chi connectivity index (χ4n) is 2.11. The van der Waals surface area contributed by atoms with Crippen molar-refractivity contribution in [3.8, 4) is 0 Å². The summed E-state index contributed by atoms with van der Waals surface area (Å²) < 4.78 is 2.06. The summed E-state index contributed by atoms with van der Waals surface area (Å²) in [6.07, 6.45) is 0.554. The van der Waals surface area contributed by atoms with Crippen molar-refractivity contribution in [2.45, 2.75) is 25.9 Å². The molecule has 20 heavy (non-hydrogen) atoms. The van der Waals surface area contributed by atoms with Gasteiger partial charge >= 0.3 is 0 Å². The van der Waals surface area contributed by atoms with Crippen molar-refractivity contribution in [2.24, 2.45) is 12.8 Å². The van der Waals surface area contributed by atoms with Crippen LogP contribution in [0.1, 0.15) is 17.0 Å². The van der Waals surface area contributed by atoms with Gasteiger partial charge < -0.3 is 15.6 Å². The van der Waals surface area contributed by atoms with E-state index in [0.717, 1.165) is 11.3 Å². The van der Waals surface area contributed by atoms with Crippen molar-refractivity contribution in [3.05, 3.63) is 59.4 Å². The Morgan fingerprint density at radius 2 is 1.95 bits per heavy atom. The molecule has 1 aromatic carbocycles. The van der Waals surface area contributed by atoms with Gasteiger partial charge in [0.25, 0.3) is 0 Å². The van der Waals surface area contributed by atoms with Gasteiger partial charge in [-0.3, -0.25) is 4.79 Å². The van der Waals surface area contributed by atoms with Crippen molar-refractivity contribution in [1.29, 1.82) is 0 Å². The van der Waals surface area contributed by atoms with E-state index in [1.807, 2.05) is 56.4 Å². The second kappa shape index (κ2) is 6.39. The second-order valence-corrected chi connectivity index (χ2v) is 5.04. The molecule has 0 saturated heterocycles. The average molecular weight is 271 g/mol. The Labute approximate surface area is 119 Å². The molecule has 0 aliphatic rings. The highest BCUT2D eigenvalue weighted by atomic mass is 16.2. The Morgan fingerprint density at radius 1 is 1.25 bits per heavy atom. The van der Waals surface area contributed by atoms with Gasteiger partial charge in [0.15, 0.2) is 0 Å². The summed E-state index contributed by atoms with van der Waals surface area (Å²) in [4.78, 5) is 12.0. The maximum atomic E-state index is 12.0. The lowest BCUT2D eigenvalue weighted by atomic mass is 10.1.